The van der Waals surface area contributed by atoms with Gasteiger partial charge in [-0.05, 0) is 77.6 Å². The van der Waals surface area contributed by atoms with Crippen LogP contribution in [0.25, 0.3) is 27.7 Å². The van der Waals surface area contributed by atoms with Gasteiger partial charge in [0.1, 0.15) is 5.82 Å². The fraction of sp³-hybridized carbons (Fsp3) is 0.212. The molecule has 0 bridgehead atoms. The summed E-state index contributed by atoms with van der Waals surface area (Å²) in [7, 11) is -2.37. The van der Waals surface area contributed by atoms with E-state index in [-0.39, 0.29) is 15.9 Å². The first kappa shape index (κ1) is 28.7. The van der Waals surface area contributed by atoms with Gasteiger partial charge in [-0.25, -0.2) is 13.4 Å². The Morgan fingerprint density at radius 2 is 1.39 bits per heavy atom. The second-order valence-corrected chi connectivity index (χ2v) is 13.6. The van der Waals surface area contributed by atoms with Gasteiger partial charge in [-0.3, -0.25) is 9.36 Å². The van der Waals surface area contributed by atoms with Crippen LogP contribution >= 0.6 is 11.6 Å². The minimum absolute atomic E-state index is 0.102. The zero-order chi connectivity index (χ0) is 29.5. The molecule has 210 valence electrons. The van der Waals surface area contributed by atoms with Crippen molar-refractivity contribution in [3.05, 3.63) is 124 Å². The first-order valence-electron chi connectivity index (χ1n) is 13.3. The maximum atomic E-state index is 13.9. The van der Waals surface area contributed by atoms with Crippen LogP contribution in [0.4, 0.5) is 0 Å². The highest BCUT2D eigenvalue weighted by Gasteiger charge is 2.30. The molecule has 6 nitrogen and oxygen atoms in total. The van der Waals surface area contributed by atoms with Crippen LogP contribution in [0.15, 0.2) is 107 Å². The summed E-state index contributed by atoms with van der Waals surface area (Å²) in [6.07, 6.45) is 0. The molecule has 1 atom stereocenters. The number of sulfonamides is 1. The topological polar surface area (TPSA) is 72.3 Å². The molecule has 4 aromatic carbocycles. The number of rotatable bonds is 6. The Morgan fingerprint density at radius 3 is 1.98 bits per heavy atom. The Morgan fingerprint density at radius 1 is 0.829 bits per heavy atom. The lowest BCUT2D eigenvalue weighted by molar-refractivity contribution is 0.379. The molecule has 8 heteroatoms. The zero-order valence-electron chi connectivity index (χ0n) is 23.7. The molecule has 0 spiro atoms. The van der Waals surface area contributed by atoms with Crippen molar-refractivity contribution in [2.24, 2.45) is 0 Å². The molecule has 1 heterocycles. The Balaban J connectivity index is 1.59. The van der Waals surface area contributed by atoms with E-state index in [2.05, 4.69) is 20.8 Å². The number of benzene rings is 4. The third-order valence-electron chi connectivity index (χ3n) is 7.42. The Kier molecular flexibility index (Phi) is 7.64. The third kappa shape index (κ3) is 5.58. The van der Waals surface area contributed by atoms with E-state index in [1.807, 2.05) is 66.7 Å². The molecular formula is C33H32ClN3O3S. The second kappa shape index (κ2) is 10.9. The monoisotopic (exact) mass is 585 g/mol. The average Bonchev–Trinajstić information content (AvgIpc) is 2.96. The quantitative estimate of drug-likeness (QED) is 0.208. The van der Waals surface area contributed by atoms with Gasteiger partial charge in [0.25, 0.3) is 5.56 Å². The molecule has 0 saturated heterocycles. The average molecular weight is 586 g/mol. The van der Waals surface area contributed by atoms with Gasteiger partial charge in [0, 0.05) is 12.1 Å². The summed E-state index contributed by atoms with van der Waals surface area (Å²) in [5.74, 6) is 0.324. The van der Waals surface area contributed by atoms with Crippen molar-refractivity contribution in [3.63, 3.8) is 0 Å². The lowest BCUT2D eigenvalue weighted by Gasteiger charge is -2.27. The highest BCUT2D eigenvalue weighted by Crippen LogP contribution is 2.30. The summed E-state index contributed by atoms with van der Waals surface area (Å²) < 4.78 is 30.2. The van der Waals surface area contributed by atoms with Crippen molar-refractivity contribution in [2.45, 2.75) is 44.0 Å². The van der Waals surface area contributed by atoms with Gasteiger partial charge >= 0.3 is 0 Å². The Labute approximate surface area is 245 Å². The van der Waals surface area contributed by atoms with Gasteiger partial charge in [0.05, 0.1) is 27.5 Å². The normalized spacial score (nSPS) is 13.0. The van der Waals surface area contributed by atoms with Crippen LogP contribution in [-0.2, 0) is 15.4 Å². The Bertz CT molecular complexity index is 1880. The van der Waals surface area contributed by atoms with Gasteiger partial charge in [0.15, 0.2) is 0 Å². The van der Waals surface area contributed by atoms with Gasteiger partial charge in [-0.2, -0.15) is 4.31 Å². The van der Waals surface area contributed by atoms with Crippen molar-refractivity contribution in [1.82, 2.24) is 13.9 Å². The van der Waals surface area contributed by atoms with Crippen molar-refractivity contribution in [1.29, 1.82) is 0 Å². The van der Waals surface area contributed by atoms with Crippen LogP contribution in [0.3, 0.4) is 0 Å². The second-order valence-electron chi connectivity index (χ2n) is 11.2. The summed E-state index contributed by atoms with van der Waals surface area (Å²) in [4.78, 5) is 18.9. The van der Waals surface area contributed by atoms with Crippen LogP contribution < -0.4 is 5.56 Å². The standard InChI is InChI=1S/C33H32ClN3O3S/c1-22(36(5)41(39,40)28-20-14-25(15-21-28)33(2,3)4)31-35-30-9-7-6-8-29(30)32(38)37(31)27-18-12-24(13-19-27)23-10-16-26(34)17-11-23/h6-22H,1-5H3. The molecule has 5 rings (SSSR count). The molecule has 0 aliphatic carbocycles. The summed E-state index contributed by atoms with van der Waals surface area (Å²) in [6.45, 7) is 7.99. The highest BCUT2D eigenvalue weighted by atomic mass is 35.5. The van der Waals surface area contributed by atoms with Crippen molar-refractivity contribution in [3.8, 4) is 16.8 Å². The summed E-state index contributed by atoms with van der Waals surface area (Å²) in [6, 6.07) is 28.4. The molecule has 41 heavy (non-hydrogen) atoms. The molecule has 5 aromatic rings. The maximum absolute atomic E-state index is 13.9. The lowest BCUT2D eigenvalue weighted by Crippen LogP contribution is -2.35. The van der Waals surface area contributed by atoms with Crippen LogP contribution in [0.2, 0.25) is 5.02 Å². The molecule has 0 saturated carbocycles. The SMILES string of the molecule is CC(c1nc2ccccc2c(=O)n1-c1ccc(-c2ccc(Cl)cc2)cc1)N(C)S(=O)(=O)c1ccc(C(C)(C)C)cc1. The molecular weight excluding hydrogens is 554 g/mol. The number of halogens is 1. The van der Waals surface area contributed by atoms with E-state index < -0.39 is 16.1 Å². The molecule has 1 unspecified atom stereocenters. The van der Waals surface area contributed by atoms with E-state index in [4.69, 9.17) is 16.6 Å². The van der Waals surface area contributed by atoms with Gasteiger partial charge in [-0.15, -0.1) is 0 Å². The number of hydrogen-bond donors (Lipinski definition) is 0. The number of fused-ring (bicyclic) bond motifs is 1. The highest BCUT2D eigenvalue weighted by molar-refractivity contribution is 7.89. The first-order valence-corrected chi connectivity index (χ1v) is 15.2. The number of hydrogen-bond acceptors (Lipinski definition) is 4. The van der Waals surface area contributed by atoms with E-state index in [9.17, 15) is 13.2 Å². The predicted molar refractivity (Wildman–Crippen MR) is 166 cm³/mol. The van der Waals surface area contributed by atoms with E-state index in [1.54, 1.807) is 37.3 Å². The number of nitrogens with zero attached hydrogens (tertiary/aromatic N) is 3. The maximum Gasteiger partial charge on any atom is 0.266 e. The smallest absolute Gasteiger partial charge is 0.266 e. The molecule has 0 aliphatic rings. The fourth-order valence-electron chi connectivity index (χ4n) is 4.79. The Hall–Kier alpha value is -3.78. The predicted octanol–water partition coefficient (Wildman–Crippen LogP) is 7.39. The third-order valence-corrected chi connectivity index (χ3v) is 9.62. The molecule has 0 radical (unpaired) electrons. The summed E-state index contributed by atoms with van der Waals surface area (Å²) >= 11 is 6.05. The molecule has 0 amide bonds. The van der Waals surface area contributed by atoms with Crippen molar-refractivity contribution < 1.29 is 8.42 Å². The van der Waals surface area contributed by atoms with Gasteiger partial charge in [-0.1, -0.05) is 80.9 Å². The van der Waals surface area contributed by atoms with Crippen LogP contribution in [-0.4, -0.2) is 29.3 Å². The van der Waals surface area contributed by atoms with E-state index in [1.165, 1.54) is 15.9 Å². The number of aromatic nitrogens is 2. The van der Waals surface area contributed by atoms with Crippen LogP contribution in [0, 0.1) is 0 Å². The van der Waals surface area contributed by atoms with E-state index >= 15 is 0 Å². The molecule has 0 aliphatic heterocycles. The van der Waals surface area contributed by atoms with E-state index in [0.717, 1.165) is 16.7 Å². The minimum atomic E-state index is -3.89. The first-order chi connectivity index (χ1) is 19.4. The fourth-order valence-corrected chi connectivity index (χ4v) is 6.24. The molecule has 0 N–H and O–H groups in total. The van der Waals surface area contributed by atoms with Crippen molar-refractivity contribution in [2.75, 3.05) is 7.05 Å². The van der Waals surface area contributed by atoms with Gasteiger partial charge in [0.2, 0.25) is 10.0 Å². The number of para-hydroxylation sites is 1. The lowest BCUT2D eigenvalue weighted by atomic mass is 9.87. The molecule has 0 fully saturated rings. The largest absolute Gasteiger partial charge is 0.268 e. The van der Waals surface area contributed by atoms with Gasteiger partial charge < -0.3 is 0 Å². The zero-order valence-corrected chi connectivity index (χ0v) is 25.2. The summed E-state index contributed by atoms with van der Waals surface area (Å²) in [5.41, 5.74) is 3.72. The van der Waals surface area contributed by atoms with Crippen LogP contribution in [0.5, 0.6) is 0 Å². The summed E-state index contributed by atoms with van der Waals surface area (Å²) in [5, 5.41) is 1.11. The van der Waals surface area contributed by atoms with Crippen molar-refractivity contribution >= 4 is 32.5 Å². The molecule has 1 aromatic heterocycles. The minimum Gasteiger partial charge on any atom is -0.268 e. The van der Waals surface area contributed by atoms with Crippen LogP contribution in [0.1, 0.15) is 45.1 Å². The van der Waals surface area contributed by atoms with E-state index in [0.29, 0.717) is 27.4 Å².